The maximum Gasteiger partial charge on any atom is 0.356 e. The van der Waals surface area contributed by atoms with E-state index in [1.165, 1.54) is 13.4 Å². The molecule has 1 aromatic heterocycles. The van der Waals surface area contributed by atoms with Gasteiger partial charge in [-0.2, -0.15) is 0 Å². The van der Waals surface area contributed by atoms with Gasteiger partial charge in [-0.3, -0.25) is 4.79 Å². The van der Waals surface area contributed by atoms with Crippen molar-refractivity contribution >= 4 is 28.4 Å². The van der Waals surface area contributed by atoms with Gasteiger partial charge < -0.3 is 19.5 Å². The van der Waals surface area contributed by atoms with Gasteiger partial charge in [-0.05, 0) is 25.8 Å². The average molecular weight is 442 g/mol. The molecule has 4 heterocycles. The molecule has 30 heavy (non-hydrogen) atoms. The largest absolute Gasteiger partial charge is 0.483 e. The monoisotopic (exact) mass is 442 g/mol. The molecule has 0 aliphatic carbocycles. The number of nitrogens with zero attached hydrogens (tertiary/aromatic N) is 3. The fourth-order valence-corrected chi connectivity index (χ4v) is 5.26. The van der Waals surface area contributed by atoms with Crippen LogP contribution in [0.5, 0.6) is 0 Å². The summed E-state index contributed by atoms with van der Waals surface area (Å²) in [4.78, 5) is 31.1. The number of fused-ring (bicyclic) bond motifs is 1. The first-order valence-corrected chi connectivity index (χ1v) is 11.4. The third-order valence-electron chi connectivity index (χ3n) is 5.88. The van der Waals surface area contributed by atoms with Crippen LogP contribution in [0.2, 0.25) is 0 Å². The van der Waals surface area contributed by atoms with E-state index in [0.29, 0.717) is 31.3 Å². The highest BCUT2D eigenvalue weighted by Gasteiger charge is 2.63. The quantitative estimate of drug-likeness (QED) is 0.464. The molecule has 0 aromatic carbocycles. The van der Waals surface area contributed by atoms with Crippen LogP contribution < -0.4 is 9.62 Å². The number of ether oxygens (including phenoxy) is 2. The second-order valence-corrected chi connectivity index (χ2v) is 9.66. The number of aryl methyl sites for hydroxylation is 1. The minimum atomic E-state index is -3.24. The van der Waals surface area contributed by atoms with Gasteiger partial charge in [-0.15, -0.1) is 0 Å². The number of nitrogens with one attached hydrogen (secondary N) is 1. The number of hydrogen-bond donors (Lipinski definition) is 2. The summed E-state index contributed by atoms with van der Waals surface area (Å²) in [6.07, 6.45) is 3.15. The normalized spacial score (nSPS) is 29.2. The summed E-state index contributed by atoms with van der Waals surface area (Å²) in [6.45, 7) is 3.27. The van der Waals surface area contributed by atoms with Crippen LogP contribution in [0.1, 0.15) is 29.0 Å². The molecule has 3 aliphatic rings. The van der Waals surface area contributed by atoms with Gasteiger partial charge in [0.15, 0.2) is 5.69 Å². The predicted octanol–water partition coefficient (Wildman–Crippen LogP) is -0.195. The van der Waals surface area contributed by atoms with E-state index in [1.807, 2.05) is 11.8 Å². The van der Waals surface area contributed by atoms with Crippen molar-refractivity contribution in [2.24, 2.45) is 11.8 Å². The van der Waals surface area contributed by atoms with Crippen LogP contribution in [0.4, 0.5) is 5.95 Å². The molecule has 4 atom stereocenters. The van der Waals surface area contributed by atoms with Crippen LogP contribution in [0.15, 0.2) is 6.07 Å². The summed E-state index contributed by atoms with van der Waals surface area (Å²) in [5, 5.41) is 6.89. The van der Waals surface area contributed by atoms with Crippen molar-refractivity contribution in [3.63, 3.8) is 0 Å². The fraction of sp³-hybridized carbons (Fsp3) is 0.667. The average Bonchev–Trinajstić information content (AvgIpc) is 3.33. The first-order chi connectivity index (χ1) is 14.1. The lowest BCUT2D eigenvalue weighted by Gasteiger charge is -2.29. The Morgan fingerprint density at radius 2 is 2.20 bits per heavy atom. The van der Waals surface area contributed by atoms with E-state index in [0.717, 1.165) is 12.8 Å². The van der Waals surface area contributed by atoms with Crippen molar-refractivity contribution < 1.29 is 32.6 Å². The van der Waals surface area contributed by atoms with Crippen LogP contribution in [-0.4, -0.2) is 80.6 Å². The highest BCUT2D eigenvalue weighted by Crippen LogP contribution is 2.55. The van der Waals surface area contributed by atoms with E-state index >= 15 is 0 Å². The van der Waals surface area contributed by atoms with E-state index in [4.69, 9.17) is 19.4 Å². The molecule has 12 heteroatoms. The van der Waals surface area contributed by atoms with Gasteiger partial charge in [0.05, 0.1) is 31.6 Å². The number of esters is 1. The topological polar surface area (TPSA) is 148 Å². The minimum Gasteiger partial charge on any atom is -0.483 e. The van der Waals surface area contributed by atoms with Gasteiger partial charge in [0, 0.05) is 30.6 Å². The Morgan fingerprint density at radius 1 is 1.50 bits per heavy atom. The van der Waals surface area contributed by atoms with Crippen molar-refractivity contribution in [3.05, 3.63) is 17.5 Å². The van der Waals surface area contributed by atoms with Crippen LogP contribution in [0.3, 0.4) is 0 Å². The maximum absolute atomic E-state index is 11.9. The zero-order valence-corrected chi connectivity index (χ0v) is 17.9. The number of anilines is 1. The van der Waals surface area contributed by atoms with Crippen molar-refractivity contribution in [1.82, 2.24) is 14.7 Å². The molecule has 0 radical (unpaired) electrons. The van der Waals surface area contributed by atoms with E-state index in [-0.39, 0.29) is 35.7 Å². The van der Waals surface area contributed by atoms with Gasteiger partial charge >= 0.3 is 5.97 Å². The van der Waals surface area contributed by atoms with Crippen LogP contribution in [0, 0.1) is 18.8 Å². The Morgan fingerprint density at radius 3 is 2.83 bits per heavy atom. The summed E-state index contributed by atoms with van der Waals surface area (Å²) in [5.41, 5.74) is 0.637. The molecule has 1 aromatic rings. The summed E-state index contributed by atoms with van der Waals surface area (Å²) in [7, 11) is -1.92. The fourth-order valence-electron chi connectivity index (χ4n) is 4.77. The molecular formula is C18H26N4O7S. The Balaban J connectivity index is 0.000000806. The van der Waals surface area contributed by atoms with Gasteiger partial charge in [-0.25, -0.2) is 27.9 Å². The Kier molecular flexibility index (Phi) is 6.29. The second kappa shape index (κ2) is 8.44. The summed E-state index contributed by atoms with van der Waals surface area (Å²) < 4.78 is 36.8. The smallest absolute Gasteiger partial charge is 0.356 e. The van der Waals surface area contributed by atoms with Crippen molar-refractivity contribution in [2.75, 3.05) is 37.9 Å². The number of hydrogen-bond acceptors (Lipinski definition) is 9. The highest BCUT2D eigenvalue weighted by molar-refractivity contribution is 7.88. The van der Waals surface area contributed by atoms with Crippen LogP contribution >= 0.6 is 0 Å². The third-order valence-corrected chi connectivity index (χ3v) is 6.58. The van der Waals surface area contributed by atoms with Crippen LogP contribution in [-0.2, 0) is 24.3 Å². The predicted molar refractivity (Wildman–Crippen MR) is 106 cm³/mol. The summed E-state index contributed by atoms with van der Waals surface area (Å²) in [6, 6.07) is 1.60. The Bertz CT molecular complexity index is 925. The van der Waals surface area contributed by atoms with Gasteiger partial charge in [-0.1, -0.05) is 0 Å². The summed E-state index contributed by atoms with van der Waals surface area (Å²) >= 11 is 0. The zero-order valence-electron chi connectivity index (χ0n) is 17.1. The number of sulfonamides is 1. The minimum absolute atomic E-state index is 0.0930. The molecule has 1 spiro atoms. The van der Waals surface area contributed by atoms with Crippen molar-refractivity contribution in [3.8, 4) is 0 Å². The van der Waals surface area contributed by atoms with E-state index in [2.05, 4.69) is 14.7 Å². The van der Waals surface area contributed by atoms with E-state index in [9.17, 15) is 13.2 Å². The Labute approximate surface area is 174 Å². The SMILES string of the molecule is COC(=O)c1cc(C)nc(N2C[C@@H]3[C@H](CNS(C)(=O)=O)[C@H]4CC[C@]3(C2)O4)n1.O=CO. The number of rotatable bonds is 5. The molecule has 0 saturated carbocycles. The molecule has 2 N–H and O–H groups in total. The molecule has 3 fully saturated rings. The lowest BCUT2D eigenvalue weighted by molar-refractivity contribution is -0.122. The number of aromatic nitrogens is 2. The third kappa shape index (κ3) is 4.40. The molecular weight excluding hydrogens is 416 g/mol. The first-order valence-electron chi connectivity index (χ1n) is 9.51. The summed E-state index contributed by atoms with van der Waals surface area (Å²) in [5.74, 6) is 0.326. The molecule has 0 amide bonds. The molecule has 3 aliphatic heterocycles. The van der Waals surface area contributed by atoms with Gasteiger partial charge in [0.25, 0.3) is 6.47 Å². The standard InChI is InChI=1S/C17H24N4O5S.CH2O2/c1-10-6-13(15(22)25-2)20-16(19-10)21-8-12-11(7-18-27(3,23)24)14-4-5-17(12,9-21)26-14;2-1-3/h6,11-12,14,18H,4-5,7-9H2,1-3H3;1H,(H,2,3)/t11-,12+,14+,17+;/m0./s1. The number of carboxylic acid groups (broad SMARTS) is 1. The lowest BCUT2D eigenvalue weighted by Crippen LogP contribution is -2.41. The van der Waals surface area contributed by atoms with Crippen molar-refractivity contribution in [1.29, 1.82) is 0 Å². The molecule has 4 rings (SSSR count). The zero-order chi connectivity index (χ0) is 22.1. The molecule has 11 nitrogen and oxygen atoms in total. The maximum atomic E-state index is 11.9. The second-order valence-electron chi connectivity index (χ2n) is 7.82. The molecule has 2 bridgehead atoms. The number of carbonyl (C=O) groups is 2. The highest BCUT2D eigenvalue weighted by atomic mass is 32.2. The molecule has 0 unspecified atom stereocenters. The number of methoxy groups -OCH3 is 1. The molecule has 166 valence electrons. The molecule has 3 saturated heterocycles. The van der Waals surface area contributed by atoms with Crippen molar-refractivity contribution in [2.45, 2.75) is 31.5 Å². The first kappa shape index (κ1) is 22.4. The van der Waals surface area contributed by atoms with E-state index in [1.54, 1.807) is 6.07 Å². The Hall–Kier alpha value is -2.31. The number of carbonyl (C=O) groups excluding carboxylic acids is 1. The van der Waals surface area contributed by atoms with Gasteiger partial charge in [0.1, 0.15) is 0 Å². The lowest BCUT2D eigenvalue weighted by atomic mass is 9.74. The van der Waals surface area contributed by atoms with Crippen LogP contribution in [0.25, 0.3) is 0 Å². The van der Waals surface area contributed by atoms with Gasteiger partial charge in [0.2, 0.25) is 16.0 Å². The van der Waals surface area contributed by atoms with E-state index < -0.39 is 16.0 Å².